The van der Waals surface area contributed by atoms with Crippen LogP contribution in [0.4, 0.5) is 5.69 Å². The van der Waals surface area contributed by atoms with Crippen molar-refractivity contribution in [3.05, 3.63) is 42.5 Å². The van der Waals surface area contributed by atoms with Crippen LogP contribution in [0.3, 0.4) is 0 Å². The van der Waals surface area contributed by atoms with Crippen LogP contribution in [0, 0.1) is 0 Å². The van der Waals surface area contributed by atoms with Crippen LogP contribution in [0.2, 0.25) is 0 Å². The van der Waals surface area contributed by atoms with Crippen LogP contribution in [0.15, 0.2) is 42.5 Å². The molecule has 0 bridgehead atoms. The molecule has 0 aliphatic heterocycles. The first-order valence-electron chi connectivity index (χ1n) is 6.65. The summed E-state index contributed by atoms with van der Waals surface area (Å²) in [4.78, 5) is 0. The smallest absolute Gasteiger partial charge is 0.0379 e. The molecule has 2 atom stereocenters. The summed E-state index contributed by atoms with van der Waals surface area (Å²) in [6.07, 6.45) is 6.24. The summed E-state index contributed by atoms with van der Waals surface area (Å²) in [6, 6.07) is 15.9. The average molecular weight is 257 g/mol. The zero-order chi connectivity index (χ0) is 12.4. The van der Waals surface area contributed by atoms with Crippen LogP contribution in [-0.2, 0) is 0 Å². The monoisotopic (exact) mass is 257 g/mol. The van der Waals surface area contributed by atoms with E-state index in [0.717, 1.165) is 5.25 Å². The van der Waals surface area contributed by atoms with Gasteiger partial charge in [-0.15, -0.1) is 0 Å². The van der Waals surface area contributed by atoms with Gasteiger partial charge in [0.25, 0.3) is 0 Å². The predicted molar refractivity (Wildman–Crippen MR) is 82.5 cm³/mol. The van der Waals surface area contributed by atoms with E-state index in [1.54, 1.807) is 0 Å². The van der Waals surface area contributed by atoms with Gasteiger partial charge in [0, 0.05) is 17.0 Å². The third-order valence-electron chi connectivity index (χ3n) is 3.86. The van der Waals surface area contributed by atoms with Gasteiger partial charge in [-0.05, 0) is 42.0 Å². The second-order valence-electron chi connectivity index (χ2n) is 5.02. The van der Waals surface area contributed by atoms with Crippen LogP contribution in [-0.4, -0.2) is 17.5 Å². The maximum atomic E-state index is 3.71. The van der Waals surface area contributed by atoms with Gasteiger partial charge in [-0.1, -0.05) is 36.8 Å². The van der Waals surface area contributed by atoms with E-state index in [1.165, 1.54) is 35.7 Å². The molecule has 1 fully saturated rings. The van der Waals surface area contributed by atoms with Crippen LogP contribution in [0.1, 0.15) is 19.3 Å². The van der Waals surface area contributed by atoms with Gasteiger partial charge < -0.3 is 5.32 Å². The lowest BCUT2D eigenvalue weighted by Gasteiger charge is -2.20. The molecule has 0 heterocycles. The number of anilines is 1. The lowest BCUT2D eigenvalue weighted by molar-refractivity contribution is 0.769. The highest BCUT2D eigenvalue weighted by Gasteiger charge is 2.26. The van der Waals surface area contributed by atoms with Crippen LogP contribution in [0.25, 0.3) is 10.8 Å². The normalized spacial score (nSPS) is 23.4. The number of hydrogen-bond donors (Lipinski definition) is 1. The number of hydrogen-bond acceptors (Lipinski definition) is 2. The SMILES string of the molecule is CSC1CCCC1Nc1ccc2ccccc2c1. The fourth-order valence-corrected chi connectivity index (χ4v) is 3.80. The molecule has 1 aliphatic rings. The lowest BCUT2D eigenvalue weighted by atomic mass is 10.1. The highest BCUT2D eigenvalue weighted by molar-refractivity contribution is 7.99. The minimum Gasteiger partial charge on any atom is -0.381 e. The summed E-state index contributed by atoms with van der Waals surface area (Å²) in [5, 5.41) is 7.12. The quantitative estimate of drug-likeness (QED) is 0.866. The maximum Gasteiger partial charge on any atom is 0.0379 e. The first kappa shape index (κ1) is 11.9. The third kappa shape index (κ3) is 2.35. The number of fused-ring (bicyclic) bond motifs is 1. The van der Waals surface area contributed by atoms with Crippen molar-refractivity contribution in [2.75, 3.05) is 11.6 Å². The van der Waals surface area contributed by atoms with E-state index in [2.05, 4.69) is 54.0 Å². The predicted octanol–water partition coefficient (Wildman–Crippen LogP) is 4.54. The number of benzene rings is 2. The van der Waals surface area contributed by atoms with Crippen LogP contribution in [0.5, 0.6) is 0 Å². The Labute approximate surface area is 113 Å². The lowest BCUT2D eigenvalue weighted by Crippen LogP contribution is -2.25. The molecule has 0 amide bonds. The minimum atomic E-state index is 0.640. The number of thioether (sulfide) groups is 1. The molecule has 2 unspecified atom stereocenters. The molecule has 2 aromatic carbocycles. The summed E-state index contributed by atoms with van der Waals surface area (Å²) >= 11 is 2.00. The fraction of sp³-hybridized carbons (Fsp3) is 0.375. The van der Waals surface area contributed by atoms with E-state index in [1.807, 2.05) is 11.8 Å². The molecule has 0 radical (unpaired) electrons. The van der Waals surface area contributed by atoms with Crippen molar-refractivity contribution in [3.8, 4) is 0 Å². The van der Waals surface area contributed by atoms with Gasteiger partial charge in [-0.3, -0.25) is 0 Å². The van der Waals surface area contributed by atoms with E-state index in [-0.39, 0.29) is 0 Å². The number of nitrogens with one attached hydrogen (secondary N) is 1. The van der Waals surface area contributed by atoms with E-state index in [0.29, 0.717) is 6.04 Å². The molecule has 2 heteroatoms. The van der Waals surface area contributed by atoms with Crippen molar-refractivity contribution in [2.45, 2.75) is 30.6 Å². The van der Waals surface area contributed by atoms with Crippen molar-refractivity contribution in [2.24, 2.45) is 0 Å². The molecule has 3 rings (SSSR count). The van der Waals surface area contributed by atoms with Crippen molar-refractivity contribution in [1.29, 1.82) is 0 Å². The standard InChI is InChI=1S/C16H19NS/c1-18-16-8-4-7-15(16)17-14-10-9-12-5-2-3-6-13(12)11-14/h2-3,5-6,9-11,15-17H,4,7-8H2,1H3. The Balaban J connectivity index is 1.82. The zero-order valence-electron chi connectivity index (χ0n) is 10.7. The van der Waals surface area contributed by atoms with Gasteiger partial charge in [0.2, 0.25) is 0 Å². The van der Waals surface area contributed by atoms with Gasteiger partial charge in [-0.25, -0.2) is 0 Å². The van der Waals surface area contributed by atoms with Crippen molar-refractivity contribution in [1.82, 2.24) is 0 Å². The third-order valence-corrected chi connectivity index (χ3v) is 5.03. The first-order chi connectivity index (χ1) is 8.86. The largest absolute Gasteiger partial charge is 0.381 e. The molecule has 1 N–H and O–H groups in total. The second kappa shape index (κ2) is 5.23. The van der Waals surface area contributed by atoms with Gasteiger partial charge in [-0.2, -0.15) is 11.8 Å². The Morgan fingerprint density at radius 3 is 2.72 bits per heavy atom. The van der Waals surface area contributed by atoms with E-state index >= 15 is 0 Å². The fourth-order valence-electron chi connectivity index (χ4n) is 2.87. The zero-order valence-corrected chi connectivity index (χ0v) is 11.5. The summed E-state index contributed by atoms with van der Waals surface area (Å²) in [7, 11) is 0. The molecule has 2 aromatic rings. The summed E-state index contributed by atoms with van der Waals surface area (Å²) in [6.45, 7) is 0. The first-order valence-corrected chi connectivity index (χ1v) is 7.94. The average Bonchev–Trinajstić information content (AvgIpc) is 2.86. The molecule has 18 heavy (non-hydrogen) atoms. The highest BCUT2D eigenvalue weighted by atomic mass is 32.2. The van der Waals surface area contributed by atoms with Gasteiger partial charge in [0.05, 0.1) is 0 Å². The summed E-state index contributed by atoms with van der Waals surface area (Å²) < 4.78 is 0. The Bertz CT molecular complexity index is 537. The highest BCUT2D eigenvalue weighted by Crippen LogP contribution is 2.31. The molecular formula is C16H19NS. The maximum absolute atomic E-state index is 3.71. The Hall–Kier alpha value is -1.15. The molecule has 0 aromatic heterocycles. The summed E-state index contributed by atoms with van der Waals surface area (Å²) in [5.41, 5.74) is 1.26. The Morgan fingerprint density at radius 1 is 1.06 bits per heavy atom. The molecule has 0 saturated heterocycles. The number of rotatable bonds is 3. The topological polar surface area (TPSA) is 12.0 Å². The minimum absolute atomic E-state index is 0.640. The molecule has 0 spiro atoms. The Kier molecular flexibility index (Phi) is 3.46. The van der Waals surface area contributed by atoms with Gasteiger partial charge >= 0.3 is 0 Å². The van der Waals surface area contributed by atoms with Gasteiger partial charge in [0.1, 0.15) is 0 Å². The van der Waals surface area contributed by atoms with E-state index in [9.17, 15) is 0 Å². The van der Waals surface area contributed by atoms with Crippen LogP contribution >= 0.6 is 11.8 Å². The van der Waals surface area contributed by atoms with E-state index in [4.69, 9.17) is 0 Å². The molecule has 1 nitrogen and oxygen atoms in total. The second-order valence-corrected chi connectivity index (χ2v) is 6.09. The van der Waals surface area contributed by atoms with Gasteiger partial charge in [0.15, 0.2) is 0 Å². The molecule has 94 valence electrons. The Morgan fingerprint density at radius 2 is 1.89 bits per heavy atom. The van der Waals surface area contributed by atoms with Crippen LogP contribution < -0.4 is 5.32 Å². The van der Waals surface area contributed by atoms with Crippen molar-refractivity contribution >= 4 is 28.2 Å². The summed E-state index contributed by atoms with van der Waals surface area (Å²) in [5.74, 6) is 0. The molecule has 1 aliphatic carbocycles. The molecule has 1 saturated carbocycles. The molecular weight excluding hydrogens is 238 g/mol. The van der Waals surface area contributed by atoms with Crippen molar-refractivity contribution < 1.29 is 0 Å². The van der Waals surface area contributed by atoms with Crippen molar-refractivity contribution in [3.63, 3.8) is 0 Å². The van der Waals surface area contributed by atoms with E-state index < -0.39 is 0 Å².